The van der Waals surface area contributed by atoms with Crippen molar-refractivity contribution >= 4 is 17.2 Å². The molecule has 0 aromatic carbocycles. The first kappa shape index (κ1) is 16.0. The lowest BCUT2D eigenvalue weighted by Crippen LogP contribution is -2.51. The average molecular weight is 321 g/mol. The standard InChI is InChI=1S/C17H27N3OS/c1-14(16-7-4-12-22-16)18-17(21)13-19-8-10-20(11-9-19)15-5-2-3-6-15/h4,7,12,14-15H,2-3,5-6,8-11,13H2,1H3,(H,18,21). The minimum absolute atomic E-state index is 0.118. The molecule has 1 aliphatic heterocycles. The van der Waals surface area contributed by atoms with Crippen LogP contribution in [0.25, 0.3) is 0 Å². The number of amides is 1. The van der Waals surface area contributed by atoms with Crippen LogP contribution < -0.4 is 5.32 Å². The van der Waals surface area contributed by atoms with Crippen molar-refractivity contribution < 1.29 is 4.79 Å². The monoisotopic (exact) mass is 321 g/mol. The van der Waals surface area contributed by atoms with Crippen LogP contribution in [0.3, 0.4) is 0 Å². The Morgan fingerprint density at radius 1 is 1.32 bits per heavy atom. The first-order valence-electron chi connectivity index (χ1n) is 8.51. The van der Waals surface area contributed by atoms with Gasteiger partial charge in [-0.2, -0.15) is 0 Å². The zero-order valence-corrected chi connectivity index (χ0v) is 14.3. The molecule has 2 fully saturated rings. The number of rotatable bonds is 5. The quantitative estimate of drug-likeness (QED) is 0.905. The molecule has 1 atom stereocenters. The summed E-state index contributed by atoms with van der Waals surface area (Å²) in [5.41, 5.74) is 0. The van der Waals surface area contributed by atoms with Gasteiger partial charge in [-0.3, -0.25) is 14.6 Å². The highest BCUT2D eigenvalue weighted by Gasteiger charge is 2.26. The first-order chi connectivity index (χ1) is 10.7. The van der Waals surface area contributed by atoms with Gasteiger partial charge >= 0.3 is 0 Å². The van der Waals surface area contributed by atoms with Gasteiger partial charge in [0, 0.05) is 37.1 Å². The summed E-state index contributed by atoms with van der Waals surface area (Å²) in [5.74, 6) is 0.148. The molecule has 122 valence electrons. The maximum Gasteiger partial charge on any atom is 0.234 e. The largest absolute Gasteiger partial charge is 0.348 e. The third-order valence-corrected chi connectivity index (χ3v) is 6.02. The lowest BCUT2D eigenvalue weighted by molar-refractivity contribution is -0.123. The van der Waals surface area contributed by atoms with Crippen molar-refractivity contribution in [3.05, 3.63) is 22.4 Å². The Balaban J connectivity index is 1.39. The van der Waals surface area contributed by atoms with E-state index in [1.807, 2.05) is 6.07 Å². The second-order valence-electron chi connectivity index (χ2n) is 6.56. The number of thiophene rings is 1. The Labute approximate surface area is 137 Å². The Kier molecular flexibility index (Phi) is 5.50. The molecule has 22 heavy (non-hydrogen) atoms. The van der Waals surface area contributed by atoms with Gasteiger partial charge in [0.05, 0.1) is 12.6 Å². The molecule has 1 aromatic heterocycles. The van der Waals surface area contributed by atoms with Crippen molar-refractivity contribution in [1.82, 2.24) is 15.1 Å². The summed E-state index contributed by atoms with van der Waals surface area (Å²) >= 11 is 1.70. The Hall–Kier alpha value is -0.910. The maximum absolute atomic E-state index is 12.2. The number of carbonyl (C=O) groups excluding carboxylic acids is 1. The van der Waals surface area contributed by atoms with Crippen molar-refractivity contribution in [3.63, 3.8) is 0 Å². The highest BCUT2D eigenvalue weighted by atomic mass is 32.1. The van der Waals surface area contributed by atoms with Gasteiger partial charge in [0.25, 0.3) is 0 Å². The molecule has 1 unspecified atom stereocenters. The van der Waals surface area contributed by atoms with Crippen LogP contribution in [-0.4, -0.2) is 54.5 Å². The van der Waals surface area contributed by atoms with Crippen LogP contribution in [-0.2, 0) is 4.79 Å². The zero-order chi connectivity index (χ0) is 15.4. The fraction of sp³-hybridized carbons (Fsp3) is 0.706. The van der Waals surface area contributed by atoms with Gasteiger partial charge in [-0.15, -0.1) is 11.3 Å². The van der Waals surface area contributed by atoms with Crippen molar-refractivity contribution in [2.45, 2.75) is 44.7 Å². The summed E-state index contributed by atoms with van der Waals surface area (Å²) in [6.07, 6.45) is 5.54. The summed E-state index contributed by atoms with van der Waals surface area (Å²) < 4.78 is 0. The molecular weight excluding hydrogens is 294 g/mol. The van der Waals surface area contributed by atoms with Gasteiger partial charge in [-0.1, -0.05) is 18.9 Å². The molecule has 1 amide bonds. The Morgan fingerprint density at radius 3 is 2.68 bits per heavy atom. The third-order valence-electron chi connectivity index (χ3n) is 4.96. The van der Waals surface area contributed by atoms with E-state index in [1.165, 1.54) is 30.6 Å². The van der Waals surface area contributed by atoms with Crippen LogP contribution in [0.1, 0.15) is 43.5 Å². The van der Waals surface area contributed by atoms with E-state index in [0.29, 0.717) is 6.54 Å². The molecule has 1 N–H and O–H groups in total. The molecule has 2 heterocycles. The second-order valence-corrected chi connectivity index (χ2v) is 7.53. The number of nitrogens with zero attached hydrogens (tertiary/aromatic N) is 2. The van der Waals surface area contributed by atoms with E-state index in [9.17, 15) is 4.79 Å². The highest BCUT2D eigenvalue weighted by Crippen LogP contribution is 2.24. The van der Waals surface area contributed by atoms with Crippen LogP contribution >= 0.6 is 11.3 Å². The normalized spacial score (nSPS) is 22.8. The van der Waals surface area contributed by atoms with Crippen LogP contribution in [0.4, 0.5) is 0 Å². The van der Waals surface area contributed by atoms with Crippen molar-refractivity contribution in [2.24, 2.45) is 0 Å². The predicted octanol–water partition coefficient (Wildman–Crippen LogP) is 2.49. The van der Waals surface area contributed by atoms with Crippen LogP contribution in [0.2, 0.25) is 0 Å². The first-order valence-corrected chi connectivity index (χ1v) is 9.39. The molecule has 4 nitrogen and oxygen atoms in total. The second kappa shape index (κ2) is 7.57. The molecule has 1 saturated heterocycles. The van der Waals surface area contributed by atoms with E-state index in [-0.39, 0.29) is 11.9 Å². The molecule has 1 aliphatic carbocycles. The minimum Gasteiger partial charge on any atom is -0.348 e. The Morgan fingerprint density at radius 2 is 2.05 bits per heavy atom. The molecule has 1 aromatic rings. The summed E-state index contributed by atoms with van der Waals surface area (Å²) in [7, 11) is 0. The summed E-state index contributed by atoms with van der Waals surface area (Å²) in [4.78, 5) is 18.3. The molecular formula is C17H27N3OS. The van der Waals surface area contributed by atoms with E-state index in [1.54, 1.807) is 11.3 Å². The Bertz CT molecular complexity index is 462. The molecule has 5 heteroatoms. The zero-order valence-electron chi connectivity index (χ0n) is 13.5. The molecule has 1 saturated carbocycles. The minimum atomic E-state index is 0.118. The average Bonchev–Trinajstić information content (AvgIpc) is 3.21. The molecule has 3 rings (SSSR count). The highest BCUT2D eigenvalue weighted by molar-refractivity contribution is 7.10. The topological polar surface area (TPSA) is 35.6 Å². The van der Waals surface area contributed by atoms with Gasteiger partial charge in [0.2, 0.25) is 5.91 Å². The van der Waals surface area contributed by atoms with Crippen molar-refractivity contribution in [3.8, 4) is 0 Å². The number of carbonyl (C=O) groups is 1. The fourth-order valence-electron chi connectivity index (χ4n) is 3.66. The third kappa shape index (κ3) is 4.09. The summed E-state index contributed by atoms with van der Waals surface area (Å²) in [6, 6.07) is 5.04. The van der Waals surface area contributed by atoms with Crippen molar-refractivity contribution in [2.75, 3.05) is 32.7 Å². The van der Waals surface area contributed by atoms with Gasteiger partial charge in [-0.05, 0) is 31.2 Å². The lowest BCUT2D eigenvalue weighted by Gasteiger charge is -2.37. The smallest absolute Gasteiger partial charge is 0.234 e. The molecule has 0 bridgehead atoms. The molecule has 0 radical (unpaired) electrons. The van der Waals surface area contributed by atoms with Crippen molar-refractivity contribution in [1.29, 1.82) is 0 Å². The van der Waals surface area contributed by atoms with Gasteiger partial charge < -0.3 is 5.32 Å². The van der Waals surface area contributed by atoms with Gasteiger partial charge in [0.1, 0.15) is 0 Å². The van der Waals surface area contributed by atoms with Gasteiger partial charge in [-0.25, -0.2) is 0 Å². The van der Waals surface area contributed by atoms with Crippen LogP contribution in [0.15, 0.2) is 17.5 Å². The lowest BCUT2D eigenvalue weighted by atomic mass is 10.2. The van der Waals surface area contributed by atoms with E-state index in [2.05, 4.69) is 33.5 Å². The molecule has 2 aliphatic rings. The number of hydrogen-bond acceptors (Lipinski definition) is 4. The number of piperazine rings is 1. The fourth-order valence-corrected chi connectivity index (χ4v) is 4.39. The van der Waals surface area contributed by atoms with Gasteiger partial charge in [0.15, 0.2) is 0 Å². The van der Waals surface area contributed by atoms with Crippen LogP contribution in [0, 0.1) is 0 Å². The molecule has 0 spiro atoms. The van der Waals surface area contributed by atoms with Crippen LogP contribution in [0.5, 0.6) is 0 Å². The maximum atomic E-state index is 12.2. The number of nitrogens with one attached hydrogen (secondary N) is 1. The summed E-state index contributed by atoms with van der Waals surface area (Å²) in [6.45, 7) is 6.89. The van der Waals surface area contributed by atoms with E-state index in [4.69, 9.17) is 0 Å². The summed E-state index contributed by atoms with van der Waals surface area (Å²) in [5, 5.41) is 5.17. The van der Waals surface area contributed by atoms with E-state index in [0.717, 1.165) is 32.2 Å². The van der Waals surface area contributed by atoms with E-state index < -0.39 is 0 Å². The number of hydrogen-bond donors (Lipinski definition) is 1. The predicted molar refractivity (Wildman–Crippen MR) is 91.1 cm³/mol. The SMILES string of the molecule is CC(NC(=O)CN1CCN(C2CCCC2)CC1)c1cccs1. The van der Waals surface area contributed by atoms with E-state index >= 15 is 0 Å².